The van der Waals surface area contributed by atoms with Crippen LogP contribution in [0.4, 0.5) is 0 Å². The molecule has 4 atom stereocenters. The van der Waals surface area contributed by atoms with Crippen LogP contribution in [0.25, 0.3) is 0 Å². The third kappa shape index (κ3) is 2.29. The zero-order chi connectivity index (χ0) is 20.3. The Bertz CT molecular complexity index is 894. The maximum atomic E-state index is 12.7. The Labute approximate surface area is 180 Å². The van der Waals surface area contributed by atoms with E-state index < -0.39 is 0 Å². The van der Waals surface area contributed by atoms with Gasteiger partial charge in [0.15, 0.2) is 0 Å². The van der Waals surface area contributed by atoms with Crippen LogP contribution in [-0.4, -0.2) is 10.9 Å². The molecule has 1 aromatic rings. The van der Waals surface area contributed by atoms with E-state index >= 15 is 0 Å². The molecule has 0 spiro atoms. The minimum absolute atomic E-state index is 0.0433. The van der Waals surface area contributed by atoms with E-state index in [1.807, 2.05) is 0 Å². The summed E-state index contributed by atoms with van der Waals surface area (Å²) in [4.78, 5) is 12.7. The summed E-state index contributed by atoms with van der Waals surface area (Å²) in [7, 11) is 0. The number of rotatable bonds is 1. The van der Waals surface area contributed by atoms with E-state index in [0.717, 1.165) is 43.4 Å². The topological polar surface area (TPSA) is 37.3 Å². The van der Waals surface area contributed by atoms with Crippen molar-refractivity contribution in [2.75, 3.05) is 0 Å². The summed E-state index contributed by atoms with van der Waals surface area (Å²) in [5, 5.41) is 11.2. The first-order valence-corrected chi connectivity index (χ1v) is 12.8. The van der Waals surface area contributed by atoms with Crippen LogP contribution in [0, 0.1) is 35.0 Å². The molecule has 3 unspecified atom stereocenters. The van der Waals surface area contributed by atoms with Gasteiger partial charge in [-0.15, -0.1) is 0 Å². The van der Waals surface area contributed by atoms with Gasteiger partial charge in [-0.05, 0) is 129 Å². The lowest BCUT2D eigenvalue weighted by Crippen LogP contribution is -2.48. The standard InChI is InChI=1S/C28H36O2/c1-27-7-6-20-21(23(27)4-5-26(27)30)3-2-19-11-25(29)24(12-22(19)20)28-13-16-8-17(14-28)10-18(9-16)15-28/h11-12,16-18,20-21,23,29H,2-10,13-15H2,1H3/t16?,17?,18?,20?,21?,23?,27-,28?/m0/s1. The summed E-state index contributed by atoms with van der Waals surface area (Å²) >= 11 is 0. The molecule has 1 aromatic carbocycles. The number of hydrogen-bond donors (Lipinski definition) is 1. The van der Waals surface area contributed by atoms with Gasteiger partial charge in [-0.25, -0.2) is 0 Å². The molecule has 0 heterocycles. The third-order valence-electron chi connectivity index (χ3n) is 11.2. The van der Waals surface area contributed by atoms with Crippen molar-refractivity contribution in [3.8, 4) is 5.75 Å². The molecule has 2 nitrogen and oxygen atoms in total. The number of carbonyl (C=O) groups is 1. The lowest BCUT2D eigenvalue weighted by Gasteiger charge is -2.57. The summed E-state index contributed by atoms with van der Waals surface area (Å²) in [5.41, 5.74) is 4.51. The smallest absolute Gasteiger partial charge is 0.139 e. The Morgan fingerprint density at radius 1 is 0.933 bits per heavy atom. The summed E-state index contributed by atoms with van der Waals surface area (Å²) in [5.74, 6) is 5.73. The second-order valence-corrected chi connectivity index (χ2v) is 12.6. The van der Waals surface area contributed by atoms with E-state index in [1.165, 1.54) is 62.5 Å². The summed E-state index contributed by atoms with van der Waals surface area (Å²) in [6.07, 6.45) is 14.8. The maximum absolute atomic E-state index is 12.7. The van der Waals surface area contributed by atoms with Gasteiger partial charge in [-0.3, -0.25) is 4.79 Å². The number of ketones is 1. The van der Waals surface area contributed by atoms with Gasteiger partial charge in [0, 0.05) is 17.4 Å². The zero-order valence-corrected chi connectivity index (χ0v) is 18.5. The van der Waals surface area contributed by atoms with Gasteiger partial charge in [0.1, 0.15) is 11.5 Å². The van der Waals surface area contributed by atoms with Gasteiger partial charge in [0.2, 0.25) is 0 Å². The zero-order valence-electron chi connectivity index (χ0n) is 18.5. The number of aryl methyl sites for hydroxylation is 1. The van der Waals surface area contributed by atoms with E-state index in [9.17, 15) is 9.90 Å². The van der Waals surface area contributed by atoms with E-state index in [1.54, 1.807) is 5.56 Å². The Kier molecular flexibility index (Phi) is 3.61. The highest BCUT2D eigenvalue weighted by Gasteiger charge is 2.56. The maximum Gasteiger partial charge on any atom is 0.139 e. The van der Waals surface area contributed by atoms with Crippen molar-refractivity contribution in [3.63, 3.8) is 0 Å². The molecule has 6 fully saturated rings. The van der Waals surface area contributed by atoms with Crippen LogP contribution in [0.3, 0.4) is 0 Å². The SMILES string of the molecule is C[C@]12CCC3c4cc(C56CC7CC(CC(C7)C5)C6)c(O)cc4CCC3C1CCC2=O. The number of fused-ring (bicyclic) bond motifs is 5. The van der Waals surface area contributed by atoms with Gasteiger partial charge >= 0.3 is 0 Å². The minimum atomic E-state index is -0.0433. The molecule has 2 heteroatoms. The minimum Gasteiger partial charge on any atom is -0.508 e. The van der Waals surface area contributed by atoms with Crippen LogP contribution in [0.5, 0.6) is 5.75 Å². The molecule has 6 saturated carbocycles. The third-order valence-corrected chi connectivity index (χ3v) is 11.2. The molecule has 0 amide bonds. The molecule has 0 aliphatic heterocycles. The first-order chi connectivity index (χ1) is 14.5. The normalized spacial score (nSPS) is 48.4. The highest BCUT2D eigenvalue weighted by molar-refractivity contribution is 5.87. The molecule has 8 rings (SSSR count). The molecule has 4 bridgehead atoms. The number of hydrogen-bond acceptors (Lipinski definition) is 2. The predicted molar refractivity (Wildman–Crippen MR) is 118 cm³/mol. The monoisotopic (exact) mass is 404 g/mol. The highest BCUT2D eigenvalue weighted by atomic mass is 16.3. The number of benzene rings is 1. The van der Waals surface area contributed by atoms with Crippen LogP contribution in [0.2, 0.25) is 0 Å². The van der Waals surface area contributed by atoms with Gasteiger partial charge in [0.05, 0.1) is 0 Å². The lowest BCUT2D eigenvalue weighted by atomic mass is 9.47. The molecule has 7 aliphatic carbocycles. The van der Waals surface area contributed by atoms with Crippen molar-refractivity contribution in [2.24, 2.45) is 35.0 Å². The van der Waals surface area contributed by atoms with Gasteiger partial charge in [0.25, 0.3) is 0 Å². The first-order valence-electron chi connectivity index (χ1n) is 12.8. The molecule has 0 radical (unpaired) electrons. The van der Waals surface area contributed by atoms with Crippen molar-refractivity contribution in [1.29, 1.82) is 0 Å². The second-order valence-electron chi connectivity index (χ2n) is 12.6. The molecular formula is C28H36O2. The molecule has 1 N–H and O–H groups in total. The Balaban J connectivity index is 1.29. The summed E-state index contributed by atoms with van der Waals surface area (Å²) in [6.45, 7) is 2.27. The number of phenols is 1. The van der Waals surface area contributed by atoms with Gasteiger partial charge < -0.3 is 5.11 Å². The van der Waals surface area contributed by atoms with Crippen LogP contribution >= 0.6 is 0 Å². The Hall–Kier alpha value is -1.31. The van der Waals surface area contributed by atoms with Crippen molar-refractivity contribution in [1.82, 2.24) is 0 Å². The Morgan fingerprint density at radius 2 is 1.63 bits per heavy atom. The molecular weight excluding hydrogens is 368 g/mol. The largest absolute Gasteiger partial charge is 0.508 e. The quantitative estimate of drug-likeness (QED) is 0.597. The molecule has 0 aromatic heterocycles. The van der Waals surface area contributed by atoms with Crippen LogP contribution in [0.15, 0.2) is 12.1 Å². The summed E-state index contributed by atoms with van der Waals surface area (Å²) in [6, 6.07) is 4.68. The molecule has 160 valence electrons. The van der Waals surface area contributed by atoms with Gasteiger partial charge in [-0.1, -0.05) is 13.0 Å². The second kappa shape index (κ2) is 5.93. The van der Waals surface area contributed by atoms with Crippen LogP contribution in [-0.2, 0) is 16.6 Å². The number of aromatic hydroxyl groups is 1. The van der Waals surface area contributed by atoms with E-state index in [-0.39, 0.29) is 10.8 Å². The average molecular weight is 405 g/mol. The predicted octanol–water partition coefficient (Wildman–Crippen LogP) is 6.29. The first kappa shape index (κ1) is 18.3. The number of phenolic OH excluding ortho intramolecular Hbond substituents is 1. The van der Waals surface area contributed by atoms with Crippen molar-refractivity contribution >= 4 is 5.78 Å². The van der Waals surface area contributed by atoms with E-state index in [4.69, 9.17) is 0 Å². The fraction of sp³-hybridized carbons (Fsp3) is 0.750. The highest BCUT2D eigenvalue weighted by Crippen LogP contribution is 2.64. The lowest BCUT2D eigenvalue weighted by molar-refractivity contribution is -0.129. The van der Waals surface area contributed by atoms with Crippen molar-refractivity contribution in [3.05, 3.63) is 28.8 Å². The fourth-order valence-corrected chi connectivity index (χ4v) is 10.2. The number of Topliss-reactive ketones (excluding diaryl/α,β-unsaturated/α-hetero) is 1. The summed E-state index contributed by atoms with van der Waals surface area (Å²) < 4.78 is 0. The van der Waals surface area contributed by atoms with Gasteiger partial charge in [-0.2, -0.15) is 0 Å². The van der Waals surface area contributed by atoms with Crippen LogP contribution < -0.4 is 0 Å². The average Bonchev–Trinajstić information content (AvgIpc) is 3.01. The van der Waals surface area contributed by atoms with Crippen molar-refractivity contribution in [2.45, 2.75) is 95.3 Å². The van der Waals surface area contributed by atoms with E-state index in [2.05, 4.69) is 19.1 Å². The fourth-order valence-electron chi connectivity index (χ4n) is 10.2. The molecule has 0 saturated heterocycles. The van der Waals surface area contributed by atoms with Crippen molar-refractivity contribution < 1.29 is 9.90 Å². The van der Waals surface area contributed by atoms with Crippen LogP contribution in [0.1, 0.15) is 100 Å². The Morgan fingerprint density at radius 3 is 2.33 bits per heavy atom. The van der Waals surface area contributed by atoms with E-state index in [0.29, 0.717) is 29.3 Å². The molecule has 7 aliphatic rings. The molecule has 30 heavy (non-hydrogen) atoms. The number of carbonyl (C=O) groups excluding carboxylic acids is 1.